The molecule has 0 saturated heterocycles. The van der Waals surface area contributed by atoms with E-state index in [4.69, 9.17) is 4.74 Å². The molecule has 0 radical (unpaired) electrons. The van der Waals surface area contributed by atoms with E-state index in [-0.39, 0.29) is 0 Å². The maximum atomic E-state index is 10.3. The van der Waals surface area contributed by atoms with Crippen molar-refractivity contribution >= 4 is 5.69 Å². The lowest BCUT2D eigenvalue weighted by molar-refractivity contribution is 0.119. The molecule has 0 aromatic heterocycles. The summed E-state index contributed by atoms with van der Waals surface area (Å²) in [6.45, 7) is 1.81. The summed E-state index contributed by atoms with van der Waals surface area (Å²) in [6, 6.07) is 6.24. The van der Waals surface area contributed by atoms with E-state index in [2.05, 4.69) is 24.1 Å². The Morgan fingerprint density at radius 2 is 2.28 bits per heavy atom. The van der Waals surface area contributed by atoms with E-state index in [1.807, 2.05) is 12.1 Å². The summed E-state index contributed by atoms with van der Waals surface area (Å²) in [5.74, 6) is 0.708. The Balaban J connectivity index is 1.89. The standard InChI is InChI=1S/C15H19NO2/c1-16-8-2-4-11-10-12(6-7-13(11)16)15(17)14-5-3-9-18-14/h5-7,10,15,17H,2-4,8-9H2,1H3. The van der Waals surface area contributed by atoms with Crippen LogP contribution in [-0.4, -0.2) is 25.3 Å². The number of rotatable bonds is 2. The van der Waals surface area contributed by atoms with Crippen LogP contribution in [0.2, 0.25) is 0 Å². The van der Waals surface area contributed by atoms with Crippen molar-refractivity contribution in [2.45, 2.75) is 25.4 Å². The first-order valence-electron chi connectivity index (χ1n) is 6.60. The lowest BCUT2D eigenvalue weighted by atomic mass is 9.97. The van der Waals surface area contributed by atoms with Gasteiger partial charge in [0.15, 0.2) is 0 Å². The second-order valence-electron chi connectivity index (χ2n) is 5.06. The molecule has 0 spiro atoms. The quantitative estimate of drug-likeness (QED) is 0.868. The summed E-state index contributed by atoms with van der Waals surface area (Å²) in [7, 11) is 2.12. The molecule has 2 heterocycles. The minimum atomic E-state index is -0.606. The van der Waals surface area contributed by atoms with E-state index in [0.29, 0.717) is 12.4 Å². The minimum Gasteiger partial charge on any atom is -0.495 e. The van der Waals surface area contributed by atoms with Crippen molar-refractivity contribution in [2.75, 3.05) is 25.1 Å². The Bertz CT molecular complexity index is 481. The molecule has 1 unspecified atom stereocenters. The molecule has 2 aliphatic heterocycles. The second-order valence-corrected chi connectivity index (χ2v) is 5.06. The molecular formula is C15H19NO2. The first-order chi connectivity index (χ1) is 8.75. The maximum absolute atomic E-state index is 10.3. The number of ether oxygens (including phenoxy) is 1. The summed E-state index contributed by atoms with van der Waals surface area (Å²) >= 11 is 0. The van der Waals surface area contributed by atoms with Crippen molar-refractivity contribution in [3.63, 3.8) is 0 Å². The fourth-order valence-electron chi connectivity index (χ4n) is 2.77. The largest absolute Gasteiger partial charge is 0.495 e. The van der Waals surface area contributed by atoms with Crippen LogP contribution in [0.3, 0.4) is 0 Å². The van der Waals surface area contributed by atoms with Crippen LogP contribution in [0.5, 0.6) is 0 Å². The number of anilines is 1. The molecular weight excluding hydrogens is 226 g/mol. The van der Waals surface area contributed by atoms with Crippen molar-refractivity contribution < 1.29 is 9.84 Å². The Hall–Kier alpha value is -1.48. The van der Waals surface area contributed by atoms with Gasteiger partial charge in [0.2, 0.25) is 0 Å². The molecule has 3 nitrogen and oxygen atoms in total. The van der Waals surface area contributed by atoms with Gasteiger partial charge in [-0.1, -0.05) is 12.1 Å². The molecule has 2 aliphatic rings. The summed E-state index contributed by atoms with van der Waals surface area (Å²) in [5.41, 5.74) is 3.56. The molecule has 1 atom stereocenters. The summed E-state index contributed by atoms with van der Waals surface area (Å²) in [6.07, 6.45) is 4.56. The first kappa shape index (κ1) is 11.6. The Morgan fingerprint density at radius 1 is 1.39 bits per heavy atom. The van der Waals surface area contributed by atoms with Crippen LogP contribution in [0.1, 0.15) is 30.1 Å². The van der Waals surface area contributed by atoms with Crippen LogP contribution < -0.4 is 4.90 Å². The second kappa shape index (κ2) is 4.65. The predicted molar refractivity (Wildman–Crippen MR) is 71.6 cm³/mol. The van der Waals surface area contributed by atoms with Gasteiger partial charge in [0.25, 0.3) is 0 Å². The highest BCUT2D eigenvalue weighted by Gasteiger charge is 2.20. The van der Waals surface area contributed by atoms with Crippen LogP contribution in [0.4, 0.5) is 5.69 Å². The lowest BCUT2D eigenvalue weighted by Gasteiger charge is -2.28. The number of hydrogen-bond donors (Lipinski definition) is 1. The van der Waals surface area contributed by atoms with Crippen LogP contribution in [0, 0.1) is 0 Å². The van der Waals surface area contributed by atoms with Gasteiger partial charge < -0.3 is 14.7 Å². The number of hydrogen-bond acceptors (Lipinski definition) is 3. The van der Waals surface area contributed by atoms with Gasteiger partial charge in [0.1, 0.15) is 11.9 Å². The highest BCUT2D eigenvalue weighted by atomic mass is 16.5. The monoisotopic (exact) mass is 245 g/mol. The zero-order valence-electron chi connectivity index (χ0n) is 10.7. The molecule has 0 saturated carbocycles. The van der Waals surface area contributed by atoms with Crippen molar-refractivity contribution in [1.82, 2.24) is 0 Å². The molecule has 96 valence electrons. The molecule has 0 aliphatic carbocycles. The molecule has 1 aromatic rings. The van der Waals surface area contributed by atoms with Crippen LogP contribution in [0.25, 0.3) is 0 Å². The summed E-state index contributed by atoms with van der Waals surface area (Å²) in [4.78, 5) is 2.28. The average molecular weight is 245 g/mol. The van der Waals surface area contributed by atoms with Gasteiger partial charge in [0, 0.05) is 25.7 Å². The van der Waals surface area contributed by atoms with Gasteiger partial charge >= 0.3 is 0 Å². The fourth-order valence-corrected chi connectivity index (χ4v) is 2.77. The molecule has 3 heteroatoms. The molecule has 3 rings (SSSR count). The van der Waals surface area contributed by atoms with Gasteiger partial charge in [-0.25, -0.2) is 0 Å². The maximum Gasteiger partial charge on any atom is 0.136 e. The van der Waals surface area contributed by atoms with E-state index in [9.17, 15) is 5.11 Å². The number of fused-ring (bicyclic) bond motifs is 1. The van der Waals surface area contributed by atoms with Gasteiger partial charge in [-0.15, -0.1) is 0 Å². The van der Waals surface area contributed by atoms with E-state index >= 15 is 0 Å². The number of benzene rings is 1. The Morgan fingerprint density at radius 3 is 3.06 bits per heavy atom. The van der Waals surface area contributed by atoms with E-state index in [1.54, 1.807) is 0 Å². The number of aryl methyl sites for hydroxylation is 1. The van der Waals surface area contributed by atoms with E-state index in [1.165, 1.54) is 17.7 Å². The molecule has 0 fully saturated rings. The fraction of sp³-hybridized carbons (Fsp3) is 0.467. The molecule has 0 bridgehead atoms. The molecule has 1 N–H and O–H groups in total. The highest BCUT2D eigenvalue weighted by molar-refractivity contribution is 5.56. The van der Waals surface area contributed by atoms with Crippen molar-refractivity contribution in [1.29, 1.82) is 0 Å². The smallest absolute Gasteiger partial charge is 0.136 e. The van der Waals surface area contributed by atoms with Crippen LogP contribution >= 0.6 is 0 Å². The minimum absolute atomic E-state index is 0.606. The topological polar surface area (TPSA) is 32.7 Å². The third kappa shape index (κ3) is 1.99. The molecule has 0 amide bonds. The van der Waals surface area contributed by atoms with Crippen molar-refractivity contribution in [3.8, 4) is 0 Å². The van der Waals surface area contributed by atoms with E-state index < -0.39 is 6.10 Å². The number of aliphatic hydroxyl groups is 1. The third-order valence-corrected chi connectivity index (χ3v) is 3.77. The van der Waals surface area contributed by atoms with Crippen LogP contribution in [0.15, 0.2) is 30.0 Å². The zero-order chi connectivity index (χ0) is 12.5. The average Bonchev–Trinajstić information content (AvgIpc) is 2.91. The predicted octanol–water partition coefficient (Wildman–Crippen LogP) is 2.41. The number of nitrogens with zero attached hydrogens (tertiary/aromatic N) is 1. The zero-order valence-corrected chi connectivity index (χ0v) is 10.7. The lowest BCUT2D eigenvalue weighted by Crippen LogP contribution is -2.24. The highest BCUT2D eigenvalue weighted by Crippen LogP contribution is 2.32. The SMILES string of the molecule is CN1CCCc2cc(C(O)C3=CCCO3)ccc21. The number of aliphatic hydroxyl groups excluding tert-OH is 1. The van der Waals surface area contributed by atoms with Gasteiger partial charge in [-0.2, -0.15) is 0 Å². The third-order valence-electron chi connectivity index (χ3n) is 3.77. The van der Waals surface area contributed by atoms with E-state index in [0.717, 1.165) is 24.9 Å². The molecule has 1 aromatic carbocycles. The Kier molecular flexibility index (Phi) is 3.00. The van der Waals surface area contributed by atoms with Gasteiger partial charge in [-0.3, -0.25) is 0 Å². The van der Waals surface area contributed by atoms with Gasteiger partial charge in [-0.05, 0) is 36.1 Å². The van der Waals surface area contributed by atoms with Crippen molar-refractivity contribution in [3.05, 3.63) is 41.2 Å². The summed E-state index contributed by atoms with van der Waals surface area (Å²) < 4.78 is 5.44. The first-order valence-corrected chi connectivity index (χ1v) is 6.60. The van der Waals surface area contributed by atoms with Gasteiger partial charge in [0.05, 0.1) is 6.61 Å². The molecule has 18 heavy (non-hydrogen) atoms. The summed E-state index contributed by atoms with van der Waals surface area (Å²) in [5, 5.41) is 10.3. The normalized spacial score (nSPS) is 20.1. The Labute approximate surface area is 108 Å². The van der Waals surface area contributed by atoms with Crippen molar-refractivity contribution in [2.24, 2.45) is 0 Å². The van der Waals surface area contributed by atoms with Crippen LogP contribution in [-0.2, 0) is 11.2 Å².